The number of alkyl halides is 2. The number of halogens is 3. The molecule has 0 aromatic carbocycles. The van der Waals surface area contributed by atoms with Crippen molar-refractivity contribution in [2.24, 2.45) is 0 Å². The quantitative estimate of drug-likeness (QED) is 0.684. The van der Waals surface area contributed by atoms with Crippen LogP contribution >= 0.6 is 11.6 Å². The van der Waals surface area contributed by atoms with Crippen LogP contribution in [0, 0.1) is 6.92 Å². The number of nitrogens with zero attached hydrogens (tertiary/aromatic N) is 2. The van der Waals surface area contributed by atoms with Gasteiger partial charge in [0.1, 0.15) is 5.69 Å². The molecule has 0 radical (unpaired) electrons. The number of hydrogen-bond acceptors (Lipinski definition) is 2. The Morgan fingerprint density at radius 2 is 2.00 bits per heavy atom. The van der Waals surface area contributed by atoms with Crippen LogP contribution in [0.2, 0.25) is 5.15 Å². The number of rotatable bonds is 1. The summed E-state index contributed by atoms with van der Waals surface area (Å²) in [6.07, 6.45) is 0. The van der Waals surface area contributed by atoms with E-state index < -0.39 is 5.92 Å². The van der Waals surface area contributed by atoms with Crippen molar-refractivity contribution in [1.29, 1.82) is 0 Å². The van der Waals surface area contributed by atoms with Gasteiger partial charge in [-0.25, -0.2) is 0 Å². The summed E-state index contributed by atoms with van der Waals surface area (Å²) in [6.45, 7) is 2.37. The maximum absolute atomic E-state index is 12.6. The van der Waals surface area contributed by atoms with Crippen LogP contribution in [0.1, 0.15) is 18.2 Å². The second-order valence-electron chi connectivity index (χ2n) is 2.59. The van der Waals surface area contributed by atoms with Crippen molar-refractivity contribution in [3.63, 3.8) is 0 Å². The van der Waals surface area contributed by atoms with Crippen molar-refractivity contribution < 1.29 is 8.78 Å². The van der Waals surface area contributed by atoms with Gasteiger partial charge in [0.15, 0.2) is 5.15 Å². The summed E-state index contributed by atoms with van der Waals surface area (Å²) in [6, 6.07) is 1.23. The number of aryl methyl sites for hydroxylation is 1. The molecule has 1 aromatic heterocycles. The van der Waals surface area contributed by atoms with Gasteiger partial charge >= 0.3 is 0 Å². The monoisotopic (exact) mass is 192 g/mol. The highest BCUT2D eigenvalue weighted by atomic mass is 35.5. The van der Waals surface area contributed by atoms with Crippen molar-refractivity contribution in [3.8, 4) is 0 Å². The molecular formula is C7H7ClF2N2. The molecule has 0 aliphatic carbocycles. The molecule has 0 unspecified atom stereocenters. The van der Waals surface area contributed by atoms with Crippen LogP contribution in [0.3, 0.4) is 0 Å². The van der Waals surface area contributed by atoms with E-state index >= 15 is 0 Å². The molecule has 12 heavy (non-hydrogen) atoms. The maximum atomic E-state index is 12.6. The molecule has 0 fully saturated rings. The van der Waals surface area contributed by atoms with Crippen LogP contribution < -0.4 is 0 Å². The minimum absolute atomic E-state index is 0.156. The lowest BCUT2D eigenvalue weighted by Gasteiger charge is -2.08. The van der Waals surface area contributed by atoms with Gasteiger partial charge in [-0.3, -0.25) is 0 Å². The van der Waals surface area contributed by atoms with Crippen LogP contribution in [-0.4, -0.2) is 10.2 Å². The summed E-state index contributed by atoms with van der Waals surface area (Å²) in [4.78, 5) is 0. The highest BCUT2D eigenvalue weighted by molar-refractivity contribution is 6.30. The Morgan fingerprint density at radius 1 is 1.42 bits per heavy atom. The Morgan fingerprint density at radius 3 is 2.42 bits per heavy atom. The fraction of sp³-hybridized carbons (Fsp3) is 0.429. The molecular weight excluding hydrogens is 186 g/mol. The molecule has 5 heteroatoms. The van der Waals surface area contributed by atoms with Crippen molar-refractivity contribution >= 4 is 11.6 Å². The molecule has 0 aliphatic heterocycles. The van der Waals surface area contributed by atoms with E-state index in [-0.39, 0.29) is 10.8 Å². The summed E-state index contributed by atoms with van der Waals surface area (Å²) in [5.74, 6) is -2.96. The van der Waals surface area contributed by atoms with E-state index in [1.54, 1.807) is 6.92 Å². The lowest BCUT2D eigenvalue weighted by Crippen LogP contribution is -2.11. The smallest absolute Gasteiger partial charge is 0.200 e. The Labute approximate surface area is 73.6 Å². The predicted octanol–water partition coefficient (Wildman–Crippen LogP) is 2.55. The Hall–Kier alpha value is -0.770. The highest BCUT2D eigenvalue weighted by Crippen LogP contribution is 2.26. The first kappa shape index (κ1) is 9.32. The molecule has 0 saturated heterocycles. The van der Waals surface area contributed by atoms with Gasteiger partial charge in [-0.05, 0) is 18.6 Å². The summed E-state index contributed by atoms with van der Waals surface area (Å²) in [7, 11) is 0. The van der Waals surface area contributed by atoms with Gasteiger partial charge in [0.05, 0.1) is 0 Å². The first-order chi connectivity index (χ1) is 5.41. The second-order valence-corrected chi connectivity index (χ2v) is 2.95. The molecule has 2 nitrogen and oxygen atoms in total. The number of aromatic nitrogens is 2. The zero-order valence-electron chi connectivity index (χ0n) is 6.61. The van der Waals surface area contributed by atoms with Crippen LogP contribution in [-0.2, 0) is 5.92 Å². The van der Waals surface area contributed by atoms with Crippen molar-refractivity contribution in [3.05, 3.63) is 22.5 Å². The lowest BCUT2D eigenvalue weighted by molar-refractivity contribution is 0.0117. The minimum Gasteiger partial charge on any atom is -0.200 e. The molecule has 1 aromatic rings. The zero-order valence-corrected chi connectivity index (χ0v) is 7.36. The van der Waals surface area contributed by atoms with Gasteiger partial charge in [0, 0.05) is 6.92 Å². The minimum atomic E-state index is -2.96. The standard InChI is InChI=1S/C7H7ClF2N2/c1-4-3-5(7(2,9)10)11-12-6(4)8/h3H,1-2H3. The molecule has 0 aliphatic rings. The van der Waals surface area contributed by atoms with Crippen LogP contribution in [0.15, 0.2) is 6.07 Å². The van der Waals surface area contributed by atoms with Crippen LogP contribution in [0.25, 0.3) is 0 Å². The molecule has 0 spiro atoms. The van der Waals surface area contributed by atoms with E-state index in [4.69, 9.17) is 11.6 Å². The average molecular weight is 193 g/mol. The first-order valence-corrected chi connectivity index (χ1v) is 3.67. The van der Waals surface area contributed by atoms with E-state index in [2.05, 4.69) is 10.2 Å². The number of hydrogen-bond donors (Lipinski definition) is 0. The predicted molar refractivity (Wildman–Crippen MR) is 41.3 cm³/mol. The molecule has 1 heterocycles. The molecule has 0 atom stereocenters. The molecule has 1 rings (SSSR count). The van der Waals surface area contributed by atoms with Gasteiger partial charge in [-0.2, -0.15) is 8.78 Å². The van der Waals surface area contributed by atoms with E-state index in [1.165, 1.54) is 6.07 Å². The average Bonchev–Trinajstić information content (AvgIpc) is 1.92. The second kappa shape index (κ2) is 2.94. The fourth-order valence-electron chi connectivity index (χ4n) is 0.685. The van der Waals surface area contributed by atoms with Gasteiger partial charge in [-0.1, -0.05) is 11.6 Å². The summed E-state index contributed by atoms with van der Waals surface area (Å²) in [5.41, 5.74) is 0.146. The van der Waals surface area contributed by atoms with E-state index in [9.17, 15) is 8.78 Å². The van der Waals surface area contributed by atoms with E-state index in [0.29, 0.717) is 5.56 Å². The SMILES string of the molecule is Cc1cc(C(C)(F)F)nnc1Cl. The van der Waals surface area contributed by atoms with Crippen LogP contribution in [0.5, 0.6) is 0 Å². The zero-order chi connectivity index (χ0) is 9.35. The molecule has 66 valence electrons. The highest BCUT2D eigenvalue weighted by Gasteiger charge is 2.27. The summed E-state index contributed by atoms with van der Waals surface area (Å²) < 4.78 is 25.2. The fourth-order valence-corrected chi connectivity index (χ4v) is 0.777. The summed E-state index contributed by atoms with van der Waals surface area (Å²) in [5, 5.41) is 6.81. The van der Waals surface area contributed by atoms with Gasteiger partial charge in [0.2, 0.25) is 0 Å². The third kappa shape index (κ3) is 1.88. The van der Waals surface area contributed by atoms with Crippen molar-refractivity contribution in [2.75, 3.05) is 0 Å². The van der Waals surface area contributed by atoms with E-state index in [0.717, 1.165) is 6.92 Å². The van der Waals surface area contributed by atoms with Gasteiger partial charge < -0.3 is 0 Å². The topological polar surface area (TPSA) is 25.8 Å². The Kier molecular flexibility index (Phi) is 2.28. The third-order valence-electron chi connectivity index (χ3n) is 1.37. The third-order valence-corrected chi connectivity index (χ3v) is 1.75. The normalized spacial score (nSPS) is 11.8. The van der Waals surface area contributed by atoms with Crippen molar-refractivity contribution in [2.45, 2.75) is 19.8 Å². The first-order valence-electron chi connectivity index (χ1n) is 3.29. The van der Waals surface area contributed by atoms with Gasteiger partial charge in [0.25, 0.3) is 5.92 Å². The molecule has 0 bridgehead atoms. The summed E-state index contributed by atoms with van der Waals surface area (Å²) >= 11 is 5.51. The maximum Gasteiger partial charge on any atom is 0.288 e. The Bertz CT molecular complexity index is 296. The van der Waals surface area contributed by atoms with Crippen LogP contribution in [0.4, 0.5) is 8.78 Å². The largest absolute Gasteiger partial charge is 0.288 e. The van der Waals surface area contributed by atoms with Crippen molar-refractivity contribution in [1.82, 2.24) is 10.2 Å². The Balaban J connectivity index is 3.14. The molecule has 0 amide bonds. The molecule has 0 saturated carbocycles. The lowest BCUT2D eigenvalue weighted by atomic mass is 10.2. The van der Waals surface area contributed by atoms with Gasteiger partial charge in [-0.15, -0.1) is 10.2 Å². The molecule has 0 N–H and O–H groups in total. The van der Waals surface area contributed by atoms with E-state index in [1.807, 2.05) is 0 Å².